The number of rotatable bonds is 3. The molecule has 0 spiro atoms. The average molecular weight is 205 g/mol. The molecular formula is C12H19N3. The quantitative estimate of drug-likeness (QED) is 0.813. The Bertz CT molecular complexity index is 307. The Morgan fingerprint density at radius 1 is 1.53 bits per heavy atom. The van der Waals surface area contributed by atoms with Gasteiger partial charge < -0.3 is 10.2 Å². The lowest BCUT2D eigenvalue weighted by molar-refractivity contribution is 0.659. The van der Waals surface area contributed by atoms with Crippen LogP contribution in [0.25, 0.3) is 0 Å². The minimum Gasteiger partial charge on any atom is -0.356 e. The summed E-state index contributed by atoms with van der Waals surface area (Å²) in [6, 6.07) is 4.28. The predicted molar refractivity (Wildman–Crippen MR) is 63.0 cm³/mol. The summed E-state index contributed by atoms with van der Waals surface area (Å²) in [6.45, 7) is 5.50. The Labute approximate surface area is 91.5 Å². The van der Waals surface area contributed by atoms with Crippen LogP contribution in [0.15, 0.2) is 18.3 Å². The number of nitrogens with one attached hydrogen (secondary N) is 1. The van der Waals surface area contributed by atoms with E-state index in [-0.39, 0.29) is 0 Å². The zero-order chi connectivity index (χ0) is 10.7. The maximum Gasteiger partial charge on any atom is 0.128 e. The topological polar surface area (TPSA) is 28.2 Å². The standard InChI is InChI=1S/C12H19N3/c1-10-5-6-15(9-10)12-4-3-11(7-13-2)8-14-12/h3-4,8,10,13H,5-7,9H2,1-2H3. The van der Waals surface area contributed by atoms with Crippen molar-refractivity contribution in [2.24, 2.45) is 5.92 Å². The number of aromatic nitrogens is 1. The summed E-state index contributed by atoms with van der Waals surface area (Å²) in [5.74, 6) is 1.93. The largest absolute Gasteiger partial charge is 0.356 e. The summed E-state index contributed by atoms with van der Waals surface area (Å²) in [7, 11) is 1.95. The second-order valence-corrected chi connectivity index (χ2v) is 4.39. The second kappa shape index (κ2) is 4.62. The van der Waals surface area contributed by atoms with E-state index in [4.69, 9.17) is 0 Å². The molecule has 2 heterocycles. The van der Waals surface area contributed by atoms with Crippen molar-refractivity contribution in [1.82, 2.24) is 10.3 Å². The van der Waals surface area contributed by atoms with Crippen LogP contribution in [-0.4, -0.2) is 25.1 Å². The van der Waals surface area contributed by atoms with Crippen LogP contribution in [0.3, 0.4) is 0 Å². The number of pyridine rings is 1. The lowest BCUT2D eigenvalue weighted by Crippen LogP contribution is -2.20. The van der Waals surface area contributed by atoms with E-state index in [1.807, 2.05) is 13.2 Å². The number of anilines is 1. The fraction of sp³-hybridized carbons (Fsp3) is 0.583. The Morgan fingerprint density at radius 3 is 2.93 bits per heavy atom. The van der Waals surface area contributed by atoms with E-state index in [0.29, 0.717) is 0 Å². The first-order valence-corrected chi connectivity index (χ1v) is 5.64. The first kappa shape index (κ1) is 10.4. The molecule has 3 nitrogen and oxygen atoms in total. The van der Waals surface area contributed by atoms with Crippen molar-refractivity contribution in [3.63, 3.8) is 0 Å². The van der Waals surface area contributed by atoms with Crippen molar-refractivity contribution >= 4 is 5.82 Å². The molecule has 1 aliphatic rings. The molecule has 0 saturated carbocycles. The number of nitrogens with zero attached hydrogens (tertiary/aromatic N) is 2. The normalized spacial score (nSPS) is 20.9. The highest BCUT2D eigenvalue weighted by Crippen LogP contribution is 2.21. The van der Waals surface area contributed by atoms with Gasteiger partial charge in [0.2, 0.25) is 0 Å². The fourth-order valence-corrected chi connectivity index (χ4v) is 2.06. The summed E-state index contributed by atoms with van der Waals surface area (Å²) in [6.07, 6.45) is 3.26. The number of hydrogen-bond acceptors (Lipinski definition) is 3. The molecule has 0 aliphatic carbocycles. The van der Waals surface area contributed by atoms with Gasteiger partial charge in [-0.1, -0.05) is 13.0 Å². The van der Waals surface area contributed by atoms with Crippen LogP contribution in [0.1, 0.15) is 18.9 Å². The van der Waals surface area contributed by atoms with Crippen molar-refractivity contribution in [2.75, 3.05) is 25.0 Å². The summed E-state index contributed by atoms with van der Waals surface area (Å²) < 4.78 is 0. The molecule has 1 fully saturated rings. The highest BCUT2D eigenvalue weighted by atomic mass is 15.2. The molecule has 1 saturated heterocycles. The van der Waals surface area contributed by atoms with Gasteiger partial charge in [0.15, 0.2) is 0 Å². The monoisotopic (exact) mass is 205 g/mol. The van der Waals surface area contributed by atoms with Gasteiger partial charge >= 0.3 is 0 Å². The van der Waals surface area contributed by atoms with Crippen molar-refractivity contribution in [1.29, 1.82) is 0 Å². The highest BCUT2D eigenvalue weighted by Gasteiger charge is 2.19. The Kier molecular flexibility index (Phi) is 3.21. The van der Waals surface area contributed by atoms with Crippen molar-refractivity contribution < 1.29 is 0 Å². The van der Waals surface area contributed by atoms with Crippen LogP contribution in [0.4, 0.5) is 5.82 Å². The molecule has 3 heteroatoms. The van der Waals surface area contributed by atoms with Crippen LogP contribution in [0, 0.1) is 5.92 Å². The van der Waals surface area contributed by atoms with Crippen LogP contribution in [0.2, 0.25) is 0 Å². The first-order chi connectivity index (χ1) is 7.29. The predicted octanol–water partition coefficient (Wildman–Crippen LogP) is 1.65. The average Bonchev–Trinajstić information content (AvgIpc) is 2.67. The van der Waals surface area contributed by atoms with E-state index < -0.39 is 0 Å². The molecule has 0 radical (unpaired) electrons. The SMILES string of the molecule is CNCc1ccc(N2CCC(C)C2)nc1. The first-order valence-electron chi connectivity index (χ1n) is 5.64. The molecule has 15 heavy (non-hydrogen) atoms. The molecule has 1 aromatic rings. The van der Waals surface area contributed by atoms with Gasteiger partial charge in [-0.05, 0) is 31.0 Å². The Hall–Kier alpha value is -1.09. The third kappa shape index (κ3) is 2.48. The van der Waals surface area contributed by atoms with E-state index in [1.54, 1.807) is 0 Å². The van der Waals surface area contributed by atoms with E-state index in [1.165, 1.54) is 12.0 Å². The lowest BCUT2D eigenvalue weighted by Gasteiger charge is -2.16. The maximum absolute atomic E-state index is 4.50. The summed E-state index contributed by atoms with van der Waals surface area (Å²) in [5.41, 5.74) is 1.24. The molecular weight excluding hydrogens is 186 g/mol. The summed E-state index contributed by atoms with van der Waals surface area (Å²) in [5, 5.41) is 3.13. The van der Waals surface area contributed by atoms with Gasteiger partial charge in [0, 0.05) is 25.8 Å². The third-order valence-electron chi connectivity index (χ3n) is 2.94. The van der Waals surface area contributed by atoms with E-state index in [9.17, 15) is 0 Å². The van der Waals surface area contributed by atoms with Crippen molar-refractivity contribution in [3.05, 3.63) is 23.9 Å². The Balaban J connectivity index is 2.03. The maximum atomic E-state index is 4.50. The van der Waals surface area contributed by atoms with Gasteiger partial charge in [0.25, 0.3) is 0 Å². The molecule has 1 unspecified atom stereocenters. The molecule has 1 atom stereocenters. The van der Waals surface area contributed by atoms with Gasteiger partial charge in [-0.2, -0.15) is 0 Å². The second-order valence-electron chi connectivity index (χ2n) is 4.39. The highest BCUT2D eigenvalue weighted by molar-refractivity contribution is 5.40. The molecule has 1 aliphatic heterocycles. The molecule has 1 aromatic heterocycles. The van der Waals surface area contributed by atoms with Gasteiger partial charge in [-0.25, -0.2) is 4.98 Å². The molecule has 1 N–H and O–H groups in total. The summed E-state index contributed by atoms with van der Waals surface area (Å²) >= 11 is 0. The number of hydrogen-bond donors (Lipinski definition) is 1. The van der Waals surface area contributed by atoms with Crippen LogP contribution >= 0.6 is 0 Å². The zero-order valence-corrected chi connectivity index (χ0v) is 9.53. The third-order valence-corrected chi connectivity index (χ3v) is 2.94. The minimum absolute atomic E-state index is 0.809. The van der Waals surface area contributed by atoms with Crippen LogP contribution < -0.4 is 10.2 Å². The minimum atomic E-state index is 0.809. The van der Waals surface area contributed by atoms with Crippen molar-refractivity contribution in [2.45, 2.75) is 19.9 Å². The van der Waals surface area contributed by atoms with Crippen LogP contribution in [-0.2, 0) is 6.54 Å². The van der Waals surface area contributed by atoms with Crippen LogP contribution in [0.5, 0.6) is 0 Å². The van der Waals surface area contributed by atoms with Gasteiger partial charge in [0.05, 0.1) is 0 Å². The van der Waals surface area contributed by atoms with E-state index >= 15 is 0 Å². The molecule has 0 aromatic carbocycles. The van der Waals surface area contributed by atoms with E-state index in [0.717, 1.165) is 31.4 Å². The molecule has 0 amide bonds. The van der Waals surface area contributed by atoms with Gasteiger partial charge in [0.1, 0.15) is 5.82 Å². The lowest BCUT2D eigenvalue weighted by atomic mass is 10.2. The van der Waals surface area contributed by atoms with E-state index in [2.05, 4.69) is 34.3 Å². The summed E-state index contributed by atoms with van der Waals surface area (Å²) in [4.78, 5) is 6.87. The Morgan fingerprint density at radius 2 is 2.40 bits per heavy atom. The smallest absolute Gasteiger partial charge is 0.128 e. The van der Waals surface area contributed by atoms with Crippen molar-refractivity contribution in [3.8, 4) is 0 Å². The molecule has 2 rings (SSSR count). The van der Waals surface area contributed by atoms with Gasteiger partial charge in [-0.15, -0.1) is 0 Å². The molecule has 82 valence electrons. The molecule has 0 bridgehead atoms. The van der Waals surface area contributed by atoms with Gasteiger partial charge in [-0.3, -0.25) is 0 Å². The fourth-order valence-electron chi connectivity index (χ4n) is 2.06. The zero-order valence-electron chi connectivity index (χ0n) is 9.53.